The lowest BCUT2D eigenvalue weighted by atomic mass is 9.57. The van der Waals surface area contributed by atoms with Crippen LogP contribution < -0.4 is 5.32 Å². The van der Waals surface area contributed by atoms with Crippen molar-refractivity contribution in [3.63, 3.8) is 0 Å². The SMILES string of the molecule is CCOC(=O)C12CCC(NCC(=O)N3C[C@@H](F)C[C@H]3C#N)(CC1)CC2.CS(=O)(=O)O. The molecule has 4 aliphatic rings. The zero-order valence-electron chi connectivity index (χ0n) is 17.4. The second-order valence-electron chi connectivity index (χ2n) is 8.39. The molecule has 9 nitrogen and oxygen atoms in total. The van der Waals surface area contributed by atoms with Gasteiger partial charge in [0.25, 0.3) is 10.1 Å². The monoisotopic (exact) mass is 447 g/mol. The van der Waals surface area contributed by atoms with E-state index >= 15 is 0 Å². The lowest BCUT2D eigenvalue weighted by Crippen LogP contribution is -2.58. The minimum Gasteiger partial charge on any atom is -0.466 e. The molecule has 4 rings (SSSR count). The van der Waals surface area contributed by atoms with Crippen LogP contribution in [0.1, 0.15) is 51.9 Å². The van der Waals surface area contributed by atoms with Crippen molar-refractivity contribution < 1.29 is 31.7 Å². The first-order valence-corrected chi connectivity index (χ1v) is 12.0. The highest BCUT2D eigenvalue weighted by Crippen LogP contribution is 2.52. The standard InChI is InChI=1S/C18H26FN3O3.CH4O3S/c1-2-25-16(24)17-3-6-18(7-4-17,8-5-17)21-11-15(23)22-12-13(19)9-14(22)10-20;1-5(2,3)4/h13-14,21H,2-9,11-12H2,1H3;1H3,(H,2,3,4)/t13-,14-,17?,18?;/m0./s1. The maximum absolute atomic E-state index is 13.5. The van der Waals surface area contributed by atoms with E-state index in [1.54, 1.807) is 0 Å². The van der Waals surface area contributed by atoms with Crippen molar-refractivity contribution in [1.29, 1.82) is 5.26 Å². The van der Waals surface area contributed by atoms with E-state index in [-0.39, 0.29) is 42.3 Å². The molecule has 0 aromatic rings. The summed E-state index contributed by atoms with van der Waals surface area (Å²) in [6.45, 7) is 2.37. The Morgan fingerprint density at radius 2 is 1.80 bits per heavy atom. The van der Waals surface area contributed by atoms with Crippen molar-refractivity contribution in [2.45, 2.75) is 69.6 Å². The van der Waals surface area contributed by atoms with E-state index in [0.717, 1.165) is 38.5 Å². The Labute approximate surface area is 176 Å². The number of esters is 1. The number of nitrogens with one attached hydrogen (secondary N) is 1. The minimum absolute atomic E-state index is 0.0116. The van der Waals surface area contributed by atoms with E-state index in [9.17, 15) is 22.4 Å². The number of rotatable bonds is 5. The Hall–Kier alpha value is -1.77. The van der Waals surface area contributed by atoms with Crippen LogP contribution in [0.4, 0.5) is 4.39 Å². The van der Waals surface area contributed by atoms with E-state index in [4.69, 9.17) is 14.6 Å². The van der Waals surface area contributed by atoms with Crippen LogP contribution in [0.5, 0.6) is 0 Å². The van der Waals surface area contributed by atoms with E-state index in [1.807, 2.05) is 13.0 Å². The third-order valence-electron chi connectivity index (χ3n) is 6.29. The van der Waals surface area contributed by atoms with Crippen molar-refractivity contribution in [3.05, 3.63) is 0 Å². The number of nitriles is 1. The van der Waals surface area contributed by atoms with Gasteiger partial charge in [-0.3, -0.25) is 14.1 Å². The highest BCUT2D eigenvalue weighted by atomic mass is 32.2. The van der Waals surface area contributed by atoms with Crippen LogP contribution in [0, 0.1) is 16.7 Å². The summed E-state index contributed by atoms with van der Waals surface area (Å²) >= 11 is 0. The fourth-order valence-electron chi connectivity index (χ4n) is 4.59. The maximum atomic E-state index is 13.5. The summed E-state index contributed by atoms with van der Waals surface area (Å²) in [5, 5.41) is 12.4. The molecule has 2 atom stereocenters. The minimum atomic E-state index is -3.67. The molecule has 1 heterocycles. The molecule has 0 radical (unpaired) electrons. The van der Waals surface area contributed by atoms with Gasteiger partial charge in [-0.25, -0.2) is 4.39 Å². The van der Waals surface area contributed by atoms with Crippen molar-refractivity contribution in [2.75, 3.05) is 26.0 Å². The molecule has 1 amide bonds. The summed E-state index contributed by atoms with van der Waals surface area (Å²) in [6.07, 6.45) is 4.58. The molecule has 3 aliphatic carbocycles. The number of nitrogens with zero attached hydrogens (tertiary/aromatic N) is 2. The number of alkyl halides is 1. The van der Waals surface area contributed by atoms with Crippen LogP contribution in [0.25, 0.3) is 0 Å². The first-order chi connectivity index (χ1) is 13.9. The Morgan fingerprint density at radius 1 is 1.27 bits per heavy atom. The molecule has 2 bridgehead atoms. The van der Waals surface area contributed by atoms with Gasteiger partial charge in [-0.15, -0.1) is 0 Å². The summed E-state index contributed by atoms with van der Waals surface area (Å²) < 4.78 is 44.6. The number of hydrogen-bond donors (Lipinski definition) is 2. The van der Waals surface area contributed by atoms with Gasteiger partial charge in [0, 0.05) is 12.0 Å². The topological polar surface area (TPSA) is 137 Å². The number of fused-ring (bicyclic) bond motifs is 3. The molecule has 3 saturated carbocycles. The van der Waals surface area contributed by atoms with Gasteiger partial charge in [-0.05, 0) is 45.4 Å². The first-order valence-electron chi connectivity index (χ1n) is 10.1. The average molecular weight is 448 g/mol. The smallest absolute Gasteiger partial charge is 0.312 e. The molecule has 1 saturated heterocycles. The summed E-state index contributed by atoms with van der Waals surface area (Å²) in [4.78, 5) is 26.0. The van der Waals surface area contributed by atoms with Crippen molar-refractivity contribution in [1.82, 2.24) is 10.2 Å². The summed E-state index contributed by atoms with van der Waals surface area (Å²) in [6, 6.07) is 1.35. The highest BCUT2D eigenvalue weighted by Gasteiger charge is 2.53. The average Bonchev–Trinajstić information content (AvgIpc) is 3.07. The number of amides is 1. The number of halogens is 1. The molecule has 0 aromatic heterocycles. The number of likely N-dealkylation sites (tertiary alicyclic amines) is 1. The summed E-state index contributed by atoms with van der Waals surface area (Å²) in [7, 11) is -3.67. The number of carbonyl (C=O) groups excluding carboxylic acids is 2. The predicted molar refractivity (Wildman–Crippen MR) is 106 cm³/mol. The largest absolute Gasteiger partial charge is 0.466 e. The maximum Gasteiger partial charge on any atom is 0.312 e. The lowest BCUT2D eigenvalue weighted by molar-refractivity contribution is -0.163. The molecule has 2 N–H and O–H groups in total. The van der Waals surface area contributed by atoms with Crippen LogP contribution in [0.2, 0.25) is 0 Å². The summed E-state index contributed by atoms with van der Waals surface area (Å²) in [5.41, 5.74) is -0.466. The lowest BCUT2D eigenvalue weighted by Gasteiger charge is -2.52. The van der Waals surface area contributed by atoms with Gasteiger partial charge in [0.15, 0.2) is 0 Å². The molecule has 1 aliphatic heterocycles. The second kappa shape index (κ2) is 9.58. The third-order valence-corrected chi connectivity index (χ3v) is 6.29. The summed E-state index contributed by atoms with van der Waals surface area (Å²) in [5.74, 6) is -0.295. The van der Waals surface area contributed by atoms with E-state index in [1.165, 1.54) is 4.90 Å². The van der Waals surface area contributed by atoms with Gasteiger partial charge in [-0.1, -0.05) is 0 Å². The fourth-order valence-corrected chi connectivity index (χ4v) is 4.59. The molecule has 0 spiro atoms. The number of ether oxygens (including phenoxy) is 1. The number of hydrogen-bond acceptors (Lipinski definition) is 7. The third kappa shape index (κ3) is 6.12. The second-order valence-corrected chi connectivity index (χ2v) is 9.86. The fraction of sp³-hybridized carbons (Fsp3) is 0.842. The van der Waals surface area contributed by atoms with Crippen molar-refractivity contribution >= 4 is 22.0 Å². The molecule has 0 aromatic carbocycles. The first kappa shape index (κ1) is 24.5. The molecule has 30 heavy (non-hydrogen) atoms. The molecule has 11 heteroatoms. The normalized spacial score (nSPS) is 32.7. The van der Waals surface area contributed by atoms with Crippen LogP contribution >= 0.6 is 0 Å². The Kier molecular flexibility index (Phi) is 7.82. The van der Waals surface area contributed by atoms with Gasteiger partial charge in [0.05, 0.1) is 37.4 Å². The van der Waals surface area contributed by atoms with E-state index in [2.05, 4.69) is 5.32 Å². The zero-order chi connectivity index (χ0) is 22.6. The number of carbonyl (C=O) groups is 2. The van der Waals surface area contributed by atoms with Crippen molar-refractivity contribution in [3.8, 4) is 6.07 Å². The Morgan fingerprint density at radius 3 is 2.27 bits per heavy atom. The van der Waals surface area contributed by atoms with E-state index < -0.39 is 22.3 Å². The van der Waals surface area contributed by atoms with Crippen LogP contribution in [0.15, 0.2) is 0 Å². The van der Waals surface area contributed by atoms with Gasteiger partial charge in [0.1, 0.15) is 12.2 Å². The zero-order valence-corrected chi connectivity index (χ0v) is 18.2. The highest BCUT2D eigenvalue weighted by molar-refractivity contribution is 7.85. The van der Waals surface area contributed by atoms with Crippen molar-refractivity contribution in [2.24, 2.45) is 5.41 Å². The molecule has 170 valence electrons. The van der Waals surface area contributed by atoms with Gasteiger partial charge >= 0.3 is 5.97 Å². The Bertz CT molecular complexity index is 764. The van der Waals surface area contributed by atoms with Gasteiger partial charge in [-0.2, -0.15) is 13.7 Å². The van der Waals surface area contributed by atoms with Crippen LogP contribution in [-0.2, 0) is 24.4 Å². The van der Waals surface area contributed by atoms with Gasteiger partial charge < -0.3 is 15.0 Å². The molecule has 0 unspecified atom stereocenters. The quantitative estimate of drug-likeness (QED) is 0.474. The predicted octanol–water partition coefficient (Wildman–Crippen LogP) is 1.20. The molecule has 4 fully saturated rings. The van der Waals surface area contributed by atoms with Crippen LogP contribution in [0.3, 0.4) is 0 Å². The Balaban J connectivity index is 0.000000575. The molecular formula is C19H30FN3O6S. The van der Waals surface area contributed by atoms with Gasteiger partial charge in [0.2, 0.25) is 5.91 Å². The van der Waals surface area contributed by atoms with E-state index in [0.29, 0.717) is 12.9 Å². The van der Waals surface area contributed by atoms with Crippen LogP contribution in [-0.4, -0.2) is 73.5 Å². The molecular weight excluding hydrogens is 417 g/mol.